The van der Waals surface area contributed by atoms with Crippen molar-refractivity contribution in [3.63, 3.8) is 0 Å². The van der Waals surface area contributed by atoms with E-state index in [1.54, 1.807) is 20.3 Å². The molecular formula is C23H25N3O4. The summed E-state index contributed by atoms with van der Waals surface area (Å²) < 4.78 is 16.1. The maximum Gasteiger partial charge on any atom is 0.261 e. The van der Waals surface area contributed by atoms with E-state index in [2.05, 4.69) is 22.3 Å². The molecule has 1 aliphatic heterocycles. The molecule has 1 aliphatic rings. The smallest absolute Gasteiger partial charge is 0.261 e. The van der Waals surface area contributed by atoms with E-state index in [-0.39, 0.29) is 11.8 Å². The van der Waals surface area contributed by atoms with Crippen molar-refractivity contribution in [3.05, 3.63) is 59.9 Å². The van der Waals surface area contributed by atoms with Gasteiger partial charge in [-0.15, -0.1) is 0 Å². The lowest BCUT2D eigenvalue weighted by atomic mass is 10.1. The van der Waals surface area contributed by atoms with E-state index in [9.17, 15) is 4.79 Å². The first-order chi connectivity index (χ1) is 14.7. The zero-order chi connectivity index (χ0) is 20.9. The molecule has 156 valence electrons. The van der Waals surface area contributed by atoms with Gasteiger partial charge in [0.1, 0.15) is 11.5 Å². The van der Waals surface area contributed by atoms with Crippen LogP contribution in [0.4, 0.5) is 0 Å². The van der Waals surface area contributed by atoms with E-state index >= 15 is 0 Å². The minimum Gasteiger partial charge on any atom is -0.497 e. The van der Waals surface area contributed by atoms with Crippen molar-refractivity contribution in [3.8, 4) is 23.0 Å². The fourth-order valence-corrected chi connectivity index (χ4v) is 3.77. The summed E-state index contributed by atoms with van der Waals surface area (Å²) in [4.78, 5) is 18.9. The predicted octanol–water partition coefficient (Wildman–Crippen LogP) is 3.70. The second-order valence-corrected chi connectivity index (χ2v) is 7.35. The fourth-order valence-electron chi connectivity index (χ4n) is 3.77. The molecule has 1 unspecified atom stereocenters. The fraction of sp³-hybridized carbons (Fsp3) is 0.348. The van der Waals surface area contributed by atoms with Gasteiger partial charge in [0.25, 0.3) is 5.89 Å². The van der Waals surface area contributed by atoms with E-state index in [1.807, 2.05) is 35.2 Å². The molecule has 3 aromatic rings. The van der Waals surface area contributed by atoms with Gasteiger partial charge in [0.15, 0.2) is 5.82 Å². The van der Waals surface area contributed by atoms with Crippen LogP contribution in [0, 0.1) is 0 Å². The summed E-state index contributed by atoms with van der Waals surface area (Å²) >= 11 is 0. The molecule has 2 heterocycles. The molecule has 1 amide bonds. The van der Waals surface area contributed by atoms with E-state index in [0.717, 1.165) is 19.4 Å². The molecule has 1 fully saturated rings. The number of ether oxygens (including phenoxy) is 2. The zero-order valence-electron chi connectivity index (χ0n) is 17.2. The maximum absolute atomic E-state index is 12.5. The average Bonchev–Trinajstić information content (AvgIpc) is 3.41. The Morgan fingerprint density at radius 1 is 1.13 bits per heavy atom. The van der Waals surface area contributed by atoms with Gasteiger partial charge in [-0.2, -0.15) is 4.98 Å². The van der Waals surface area contributed by atoms with Crippen molar-refractivity contribution in [2.45, 2.75) is 25.2 Å². The molecule has 1 saturated heterocycles. The van der Waals surface area contributed by atoms with Gasteiger partial charge in [0, 0.05) is 31.5 Å². The van der Waals surface area contributed by atoms with Crippen molar-refractivity contribution in [2.75, 3.05) is 27.3 Å². The SMILES string of the molecule is COc1ccc(-c2nc(C3CC(=O)N(CCCc4ccccc4)C3)no2)c(OC)c1. The van der Waals surface area contributed by atoms with Crippen LogP contribution in [-0.2, 0) is 11.2 Å². The number of aromatic nitrogens is 2. The monoisotopic (exact) mass is 407 g/mol. The molecule has 7 nitrogen and oxygen atoms in total. The predicted molar refractivity (Wildman–Crippen MR) is 112 cm³/mol. The van der Waals surface area contributed by atoms with Crippen molar-refractivity contribution >= 4 is 5.91 Å². The lowest BCUT2D eigenvalue weighted by Gasteiger charge is -2.15. The molecule has 1 aromatic heterocycles. The van der Waals surface area contributed by atoms with Gasteiger partial charge in [-0.3, -0.25) is 4.79 Å². The number of amides is 1. The van der Waals surface area contributed by atoms with Crippen molar-refractivity contribution in [1.82, 2.24) is 15.0 Å². The molecule has 4 rings (SSSR count). The first-order valence-electron chi connectivity index (χ1n) is 10.1. The molecule has 0 radical (unpaired) electrons. The molecule has 0 bridgehead atoms. The van der Waals surface area contributed by atoms with E-state index in [1.165, 1.54) is 5.56 Å². The lowest BCUT2D eigenvalue weighted by molar-refractivity contribution is -0.127. The van der Waals surface area contributed by atoms with Crippen LogP contribution in [0.1, 0.15) is 30.1 Å². The molecule has 0 aliphatic carbocycles. The van der Waals surface area contributed by atoms with Gasteiger partial charge >= 0.3 is 0 Å². The topological polar surface area (TPSA) is 77.7 Å². The number of hydrogen-bond acceptors (Lipinski definition) is 6. The summed E-state index contributed by atoms with van der Waals surface area (Å²) in [5, 5.41) is 4.14. The summed E-state index contributed by atoms with van der Waals surface area (Å²) in [6.45, 7) is 1.35. The summed E-state index contributed by atoms with van der Waals surface area (Å²) in [5.74, 6) is 2.29. The molecule has 2 aromatic carbocycles. The Morgan fingerprint density at radius 3 is 2.73 bits per heavy atom. The number of carbonyl (C=O) groups is 1. The highest BCUT2D eigenvalue weighted by Crippen LogP contribution is 2.34. The number of aryl methyl sites for hydroxylation is 1. The Morgan fingerprint density at radius 2 is 1.97 bits per heavy atom. The highest BCUT2D eigenvalue weighted by molar-refractivity contribution is 5.79. The number of methoxy groups -OCH3 is 2. The van der Waals surface area contributed by atoms with Crippen LogP contribution >= 0.6 is 0 Å². The normalized spacial score (nSPS) is 16.1. The third-order valence-corrected chi connectivity index (χ3v) is 5.40. The third kappa shape index (κ3) is 4.30. The first kappa shape index (κ1) is 19.9. The maximum atomic E-state index is 12.5. The van der Waals surface area contributed by atoms with Crippen LogP contribution < -0.4 is 9.47 Å². The first-order valence-corrected chi connectivity index (χ1v) is 10.1. The highest BCUT2D eigenvalue weighted by atomic mass is 16.5. The highest BCUT2D eigenvalue weighted by Gasteiger charge is 2.33. The third-order valence-electron chi connectivity index (χ3n) is 5.40. The number of hydrogen-bond donors (Lipinski definition) is 0. The Labute approximate surface area is 175 Å². The molecular weight excluding hydrogens is 382 g/mol. The molecule has 7 heteroatoms. The largest absolute Gasteiger partial charge is 0.497 e. The summed E-state index contributed by atoms with van der Waals surface area (Å²) in [6, 6.07) is 15.7. The standard InChI is InChI=1S/C23H25N3O4/c1-28-18-10-11-19(20(14-18)29-2)23-24-22(25-30-23)17-13-21(27)26(15-17)12-6-9-16-7-4-3-5-8-16/h3-5,7-8,10-11,14,17H,6,9,12-13,15H2,1-2H3. The van der Waals surface area contributed by atoms with Crippen LogP contribution in [0.5, 0.6) is 11.5 Å². The van der Waals surface area contributed by atoms with Gasteiger partial charge in [-0.1, -0.05) is 35.5 Å². The average molecular weight is 407 g/mol. The van der Waals surface area contributed by atoms with Crippen LogP contribution in [0.15, 0.2) is 53.1 Å². The van der Waals surface area contributed by atoms with Crippen LogP contribution in [-0.4, -0.2) is 48.3 Å². The number of likely N-dealkylation sites (tertiary alicyclic amines) is 1. The van der Waals surface area contributed by atoms with Gasteiger partial charge in [0.05, 0.1) is 19.8 Å². The Bertz CT molecular complexity index is 1000. The minimum atomic E-state index is -0.0593. The molecule has 0 spiro atoms. The van der Waals surface area contributed by atoms with Gasteiger partial charge in [-0.25, -0.2) is 0 Å². The van der Waals surface area contributed by atoms with E-state index in [0.29, 0.717) is 41.7 Å². The number of nitrogens with zero attached hydrogens (tertiary/aromatic N) is 3. The summed E-state index contributed by atoms with van der Waals surface area (Å²) in [6.07, 6.45) is 2.30. The second kappa shape index (κ2) is 8.98. The van der Waals surface area contributed by atoms with Crippen LogP contribution in [0.3, 0.4) is 0 Å². The van der Waals surface area contributed by atoms with Crippen molar-refractivity contribution in [2.24, 2.45) is 0 Å². The number of rotatable bonds is 8. The Hall–Kier alpha value is -3.35. The van der Waals surface area contributed by atoms with Crippen molar-refractivity contribution < 1.29 is 18.8 Å². The molecule has 30 heavy (non-hydrogen) atoms. The Kier molecular flexibility index (Phi) is 5.97. The molecule has 1 atom stereocenters. The van der Waals surface area contributed by atoms with E-state index in [4.69, 9.17) is 14.0 Å². The number of benzene rings is 2. The molecule has 0 N–H and O–H groups in total. The quantitative estimate of drug-likeness (QED) is 0.567. The van der Waals surface area contributed by atoms with Gasteiger partial charge in [0.2, 0.25) is 5.91 Å². The summed E-state index contributed by atoms with van der Waals surface area (Å²) in [7, 11) is 3.18. The minimum absolute atomic E-state index is 0.0593. The Balaban J connectivity index is 1.40. The summed E-state index contributed by atoms with van der Waals surface area (Å²) in [5.41, 5.74) is 1.98. The second-order valence-electron chi connectivity index (χ2n) is 7.35. The zero-order valence-corrected chi connectivity index (χ0v) is 17.2. The molecule has 0 saturated carbocycles. The van der Waals surface area contributed by atoms with Gasteiger partial charge in [-0.05, 0) is 30.5 Å². The number of carbonyl (C=O) groups excluding carboxylic acids is 1. The van der Waals surface area contributed by atoms with E-state index < -0.39 is 0 Å². The lowest BCUT2D eigenvalue weighted by Crippen LogP contribution is -2.26. The van der Waals surface area contributed by atoms with Crippen LogP contribution in [0.2, 0.25) is 0 Å². The van der Waals surface area contributed by atoms with Crippen LogP contribution in [0.25, 0.3) is 11.5 Å². The van der Waals surface area contributed by atoms with Crippen molar-refractivity contribution in [1.29, 1.82) is 0 Å². The van der Waals surface area contributed by atoms with Gasteiger partial charge < -0.3 is 18.9 Å².